The van der Waals surface area contributed by atoms with Gasteiger partial charge in [0, 0.05) is 5.39 Å². The van der Waals surface area contributed by atoms with Crippen molar-refractivity contribution in [2.24, 2.45) is 0 Å². The highest BCUT2D eigenvalue weighted by Crippen LogP contribution is 2.12. The molecule has 1 aromatic carbocycles. The zero-order chi connectivity index (χ0) is 16.7. The number of carbonyl (C=O) groups is 2. The third kappa shape index (κ3) is 4.77. The molecule has 0 aliphatic rings. The van der Waals surface area contributed by atoms with E-state index in [1.165, 1.54) is 0 Å². The molecule has 1 heterocycles. The van der Waals surface area contributed by atoms with Crippen LogP contribution < -0.4 is 5.32 Å². The van der Waals surface area contributed by atoms with Crippen LogP contribution in [-0.4, -0.2) is 28.0 Å². The summed E-state index contributed by atoms with van der Waals surface area (Å²) in [6.45, 7) is 2.10. The van der Waals surface area contributed by atoms with Gasteiger partial charge in [0.25, 0.3) is 5.91 Å². The molecule has 0 aliphatic carbocycles. The molecule has 2 N–H and O–H groups in total. The van der Waals surface area contributed by atoms with Crippen molar-refractivity contribution in [3.8, 4) is 0 Å². The Labute approximate surface area is 135 Å². The highest BCUT2D eigenvalue weighted by molar-refractivity contribution is 5.96. The van der Waals surface area contributed by atoms with Gasteiger partial charge >= 0.3 is 5.97 Å². The van der Waals surface area contributed by atoms with E-state index < -0.39 is 17.9 Å². The Morgan fingerprint density at radius 2 is 1.91 bits per heavy atom. The number of pyridine rings is 1. The Balaban J connectivity index is 2.03. The van der Waals surface area contributed by atoms with E-state index in [4.69, 9.17) is 0 Å². The van der Waals surface area contributed by atoms with Gasteiger partial charge in [0.15, 0.2) is 0 Å². The van der Waals surface area contributed by atoms with Crippen LogP contribution in [0.15, 0.2) is 36.4 Å². The van der Waals surface area contributed by atoms with Gasteiger partial charge < -0.3 is 10.4 Å². The Morgan fingerprint density at radius 3 is 2.65 bits per heavy atom. The molecule has 5 heteroatoms. The molecule has 0 saturated heterocycles. The number of nitrogens with zero attached hydrogens (tertiary/aromatic N) is 1. The lowest BCUT2D eigenvalue weighted by atomic mass is 10.1. The molecule has 0 saturated carbocycles. The normalized spacial score (nSPS) is 12.0. The quantitative estimate of drug-likeness (QED) is 0.732. The van der Waals surface area contributed by atoms with Gasteiger partial charge in [-0.2, -0.15) is 0 Å². The second kappa shape index (κ2) is 8.27. The summed E-state index contributed by atoms with van der Waals surface area (Å²) >= 11 is 0. The van der Waals surface area contributed by atoms with Gasteiger partial charge in [-0.15, -0.1) is 0 Å². The van der Waals surface area contributed by atoms with Crippen molar-refractivity contribution in [2.75, 3.05) is 0 Å². The van der Waals surface area contributed by atoms with Crippen LogP contribution in [-0.2, 0) is 4.79 Å². The van der Waals surface area contributed by atoms with Gasteiger partial charge in [0.2, 0.25) is 0 Å². The van der Waals surface area contributed by atoms with Gasteiger partial charge in [-0.25, -0.2) is 9.78 Å². The zero-order valence-corrected chi connectivity index (χ0v) is 13.3. The standard InChI is InChI=1S/C18H22N2O3/c1-2-3-4-5-10-16(18(22)23)20-17(21)15-12-11-13-8-6-7-9-14(13)19-15/h6-9,11-12,16H,2-5,10H2,1H3,(H,20,21)(H,22,23)/t16-/m0/s1. The maximum absolute atomic E-state index is 12.3. The number of aromatic nitrogens is 1. The number of hydrogen-bond donors (Lipinski definition) is 2. The molecule has 1 atom stereocenters. The number of benzene rings is 1. The lowest BCUT2D eigenvalue weighted by molar-refractivity contribution is -0.139. The van der Waals surface area contributed by atoms with Crippen LogP contribution in [0.25, 0.3) is 10.9 Å². The largest absolute Gasteiger partial charge is 0.480 e. The molecular formula is C18H22N2O3. The summed E-state index contributed by atoms with van der Waals surface area (Å²) in [6.07, 6.45) is 4.37. The van der Waals surface area contributed by atoms with E-state index in [2.05, 4.69) is 17.2 Å². The van der Waals surface area contributed by atoms with Gasteiger partial charge in [-0.1, -0.05) is 56.9 Å². The maximum Gasteiger partial charge on any atom is 0.326 e. The van der Waals surface area contributed by atoms with E-state index in [0.29, 0.717) is 6.42 Å². The van der Waals surface area contributed by atoms with E-state index in [1.54, 1.807) is 6.07 Å². The molecule has 23 heavy (non-hydrogen) atoms. The minimum absolute atomic E-state index is 0.239. The lowest BCUT2D eigenvalue weighted by Gasteiger charge is -2.14. The average molecular weight is 314 g/mol. The molecule has 1 amide bonds. The first-order valence-electron chi connectivity index (χ1n) is 8.01. The van der Waals surface area contributed by atoms with Crippen molar-refractivity contribution >= 4 is 22.8 Å². The Hall–Kier alpha value is -2.43. The van der Waals surface area contributed by atoms with Crippen LogP contribution in [0.1, 0.15) is 49.5 Å². The molecule has 2 rings (SSSR count). The van der Waals surface area contributed by atoms with E-state index >= 15 is 0 Å². The van der Waals surface area contributed by atoms with Gasteiger partial charge in [-0.3, -0.25) is 4.79 Å². The lowest BCUT2D eigenvalue weighted by Crippen LogP contribution is -2.41. The summed E-state index contributed by atoms with van der Waals surface area (Å²) in [6, 6.07) is 10.1. The average Bonchev–Trinajstić information content (AvgIpc) is 2.56. The van der Waals surface area contributed by atoms with Gasteiger partial charge in [-0.05, 0) is 18.6 Å². The summed E-state index contributed by atoms with van der Waals surface area (Å²) in [4.78, 5) is 27.9. The number of unbranched alkanes of at least 4 members (excludes halogenated alkanes) is 3. The SMILES string of the molecule is CCCCCC[C@H](NC(=O)c1ccc2ccccc2n1)C(=O)O. The van der Waals surface area contributed by atoms with Crippen molar-refractivity contribution in [1.82, 2.24) is 10.3 Å². The van der Waals surface area contributed by atoms with Crippen molar-refractivity contribution in [3.63, 3.8) is 0 Å². The molecule has 0 spiro atoms. The molecule has 1 aromatic heterocycles. The summed E-state index contributed by atoms with van der Waals surface area (Å²) in [5.74, 6) is -1.45. The van der Waals surface area contributed by atoms with Crippen molar-refractivity contribution in [2.45, 2.75) is 45.1 Å². The molecule has 0 radical (unpaired) electrons. The summed E-state index contributed by atoms with van der Waals surface area (Å²) in [5, 5.41) is 12.8. The maximum atomic E-state index is 12.3. The van der Waals surface area contributed by atoms with Crippen LogP contribution in [0, 0.1) is 0 Å². The number of para-hydroxylation sites is 1. The molecule has 0 unspecified atom stereocenters. The first-order chi connectivity index (χ1) is 11.1. The summed E-state index contributed by atoms with van der Waals surface area (Å²) < 4.78 is 0. The Bertz CT molecular complexity index is 685. The van der Waals surface area contributed by atoms with E-state index in [9.17, 15) is 14.7 Å². The molecule has 0 fully saturated rings. The molecule has 0 bridgehead atoms. The first kappa shape index (κ1) is 16.9. The fourth-order valence-corrected chi connectivity index (χ4v) is 2.46. The minimum Gasteiger partial charge on any atom is -0.480 e. The van der Waals surface area contributed by atoms with Crippen LogP contribution >= 0.6 is 0 Å². The third-order valence-corrected chi connectivity index (χ3v) is 3.78. The fourth-order valence-electron chi connectivity index (χ4n) is 2.46. The Kier molecular flexibility index (Phi) is 6.09. The van der Waals surface area contributed by atoms with Crippen LogP contribution in [0.4, 0.5) is 0 Å². The topological polar surface area (TPSA) is 79.3 Å². The number of carboxylic acid groups (broad SMARTS) is 1. The third-order valence-electron chi connectivity index (χ3n) is 3.78. The summed E-state index contributed by atoms with van der Waals surface area (Å²) in [7, 11) is 0. The number of rotatable bonds is 8. The second-order valence-electron chi connectivity index (χ2n) is 5.60. The molecule has 0 aliphatic heterocycles. The van der Waals surface area contributed by atoms with Crippen molar-refractivity contribution in [3.05, 3.63) is 42.1 Å². The van der Waals surface area contributed by atoms with Gasteiger partial charge in [0.1, 0.15) is 11.7 Å². The van der Waals surface area contributed by atoms with Gasteiger partial charge in [0.05, 0.1) is 5.52 Å². The number of fused-ring (bicyclic) bond motifs is 1. The van der Waals surface area contributed by atoms with E-state index in [1.807, 2.05) is 30.3 Å². The Morgan fingerprint density at radius 1 is 1.13 bits per heavy atom. The van der Waals surface area contributed by atoms with Crippen LogP contribution in [0.3, 0.4) is 0 Å². The van der Waals surface area contributed by atoms with E-state index in [-0.39, 0.29) is 5.69 Å². The predicted octanol–water partition coefficient (Wildman–Crippen LogP) is 3.39. The molecule has 122 valence electrons. The van der Waals surface area contributed by atoms with Crippen molar-refractivity contribution < 1.29 is 14.7 Å². The smallest absolute Gasteiger partial charge is 0.326 e. The molecule has 5 nitrogen and oxygen atoms in total. The van der Waals surface area contributed by atoms with E-state index in [0.717, 1.165) is 36.6 Å². The van der Waals surface area contributed by atoms with Crippen LogP contribution in [0.2, 0.25) is 0 Å². The number of hydrogen-bond acceptors (Lipinski definition) is 3. The molecular weight excluding hydrogens is 292 g/mol. The highest BCUT2D eigenvalue weighted by atomic mass is 16.4. The highest BCUT2D eigenvalue weighted by Gasteiger charge is 2.20. The minimum atomic E-state index is -1.00. The number of amides is 1. The number of aliphatic carboxylic acids is 1. The summed E-state index contributed by atoms with van der Waals surface area (Å²) in [5.41, 5.74) is 0.957. The fraction of sp³-hybridized carbons (Fsp3) is 0.389. The zero-order valence-electron chi connectivity index (χ0n) is 13.3. The van der Waals surface area contributed by atoms with Crippen LogP contribution in [0.5, 0.6) is 0 Å². The second-order valence-corrected chi connectivity index (χ2v) is 5.60. The predicted molar refractivity (Wildman–Crippen MR) is 89.4 cm³/mol. The number of nitrogens with one attached hydrogen (secondary N) is 1. The first-order valence-corrected chi connectivity index (χ1v) is 8.01. The number of carbonyl (C=O) groups excluding carboxylic acids is 1. The monoisotopic (exact) mass is 314 g/mol. The number of carboxylic acids is 1. The molecule has 2 aromatic rings. The van der Waals surface area contributed by atoms with Crippen molar-refractivity contribution in [1.29, 1.82) is 0 Å².